The molecule has 3 fully saturated rings. The lowest BCUT2D eigenvalue weighted by atomic mass is 9.79. The molecule has 1 saturated carbocycles. The number of carbonyl (C=O) groups excluding carboxylic acids is 2. The molecule has 8 heteroatoms. The summed E-state index contributed by atoms with van der Waals surface area (Å²) in [5.41, 5.74) is 1.75. The molecule has 4 atom stereocenters. The quantitative estimate of drug-likeness (QED) is 0.534. The van der Waals surface area contributed by atoms with E-state index < -0.39 is 0 Å². The fraction of sp³-hybridized carbons (Fsp3) is 0.875. The van der Waals surface area contributed by atoms with E-state index in [0.717, 1.165) is 6.42 Å². The summed E-state index contributed by atoms with van der Waals surface area (Å²) in [6.07, 6.45) is 2.10. The van der Waals surface area contributed by atoms with Crippen LogP contribution in [0.3, 0.4) is 0 Å². The largest absolute Gasteiger partial charge is 0.378 e. The van der Waals surface area contributed by atoms with Gasteiger partial charge in [-0.1, -0.05) is 0 Å². The standard InChI is InChI=1S/C16H27N3O5/c1-11-10-24-14-8-12(15(20)17-22)2-3-13(14)9-19(11)16(21)18-4-6-23-7-5-18/h11-14,22H,2-10H2,1H3,(H,17,20)/t11-,12?,13?,14?/m0/s1. The van der Waals surface area contributed by atoms with Gasteiger partial charge in [0.25, 0.3) is 0 Å². The maximum absolute atomic E-state index is 12.9. The van der Waals surface area contributed by atoms with E-state index in [-0.39, 0.29) is 35.9 Å². The van der Waals surface area contributed by atoms with Crippen LogP contribution in [0.15, 0.2) is 0 Å². The van der Waals surface area contributed by atoms with Crippen molar-refractivity contribution in [3.63, 3.8) is 0 Å². The zero-order valence-electron chi connectivity index (χ0n) is 14.1. The number of morpholine rings is 1. The molecule has 2 saturated heterocycles. The van der Waals surface area contributed by atoms with E-state index in [0.29, 0.717) is 52.3 Å². The van der Waals surface area contributed by atoms with Crippen molar-refractivity contribution in [2.75, 3.05) is 39.5 Å². The van der Waals surface area contributed by atoms with Crippen LogP contribution < -0.4 is 5.48 Å². The lowest BCUT2D eigenvalue weighted by Gasteiger charge is -2.37. The van der Waals surface area contributed by atoms with Crippen molar-refractivity contribution in [3.05, 3.63) is 0 Å². The minimum atomic E-state index is -0.337. The van der Waals surface area contributed by atoms with Gasteiger partial charge in [-0.15, -0.1) is 0 Å². The van der Waals surface area contributed by atoms with Gasteiger partial charge in [0.2, 0.25) is 5.91 Å². The van der Waals surface area contributed by atoms with Crippen molar-refractivity contribution in [1.82, 2.24) is 15.3 Å². The molecule has 0 bridgehead atoms. The summed E-state index contributed by atoms with van der Waals surface area (Å²) < 4.78 is 11.3. The molecule has 0 aromatic heterocycles. The van der Waals surface area contributed by atoms with Crippen molar-refractivity contribution in [1.29, 1.82) is 0 Å². The van der Waals surface area contributed by atoms with Crippen LogP contribution >= 0.6 is 0 Å². The first kappa shape index (κ1) is 17.4. The van der Waals surface area contributed by atoms with Crippen molar-refractivity contribution in [2.24, 2.45) is 11.8 Å². The smallest absolute Gasteiger partial charge is 0.320 e. The summed E-state index contributed by atoms with van der Waals surface area (Å²) >= 11 is 0. The lowest BCUT2D eigenvalue weighted by Crippen LogP contribution is -2.52. The average molecular weight is 341 g/mol. The second kappa shape index (κ2) is 7.67. The Morgan fingerprint density at radius 3 is 2.67 bits per heavy atom. The molecule has 3 amide bonds. The second-order valence-corrected chi connectivity index (χ2v) is 7.00. The highest BCUT2D eigenvalue weighted by Crippen LogP contribution is 2.34. The van der Waals surface area contributed by atoms with E-state index in [1.807, 2.05) is 16.7 Å². The van der Waals surface area contributed by atoms with Crippen LogP contribution in [0.4, 0.5) is 4.79 Å². The number of urea groups is 1. The van der Waals surface area contributed by atoms with Gasteiger partial charge >= 0.3 is 6.03 Å². The average Bonchev–Trinajstić information content (AvgIpc) is 2.80. The Balaban J connectivity index is 1.65. The zero-order chi connectivity index (χ0) is 17.1. The van der Waals surface area contributed by atoms with Crippen LogP contribution in [0.5, 0.6) is 0 Å². The number of nitrogens with zero attached hydrogens (tertiary/aromatic N) is 2. The predicted molar refractivity (Wildman–Crippen MR) is 84.5 cm³/mol. The molecule has 8 nitrogen and oxygen atoms in total. The maximum Gasteiger partial charge on any atom is 0.320 e. The van der Waals surface area contributed by atoms with E-state index >= 15 is 0 Å². The molecule has 0 aromatic rings. The first-order valence-corrected chi connectivity index (χ1v) is 8.79. The second-order valence-electron chi connectivity index (χ2n) is 7.00. The minimum Gasteiger partial charge on any atom is -0.378 e. The van der Waals surface area contributed by atoms with Gasteiger partial charge in [0, 0.05) is 31.5 Å². The van der Waals surface area contributed by atoms with Gasteiger partial charge in [-0.05, 0) is 26.2 Å². The normalized spacial score (nSPS) is 34.2. The Hall–Kier alpha value is -1.38. The van der Waals surface area contributed by atoms with Crippen LogP contribution in [0.1, 0.15) is 26.2 Å². The van der Waals surface area contributed by atoms with Crippen LogP contribution in [0.25, 0.3) is 0 Å². The molecule has 3 unspecified atom stereocenters. The van der Waals surface area contributed by atoms with Gasteiger partial charge in [-0.2, -0.15) is 0 Å². The zero-order valence-corrected chi connectivity index (χ0v) is 14.1. The van der Waals surface area contributed by atoms with Crippen LogP contribution in [0.2, 0.25) is 0 Å². The number of hydroxylamine groups is 1. The number of nitrogens with one attached hydrogen (secondary N) is 1. The number of hydrogen-bond donors (Lipinski definition) is 2. The van der Waals surface area contributed by atoms with Crippen LogP contribution in [0, 0.1) is 11.8 Å². The lowest BCUT2D eigenvalue weighted by molar-refractivity contribution is -0.137. The van der Waals surface area contributed by atoms with E-state index in [1.54, 1.807) is 5.48 Å². The highest BCUT2D eigenvalue weighted by Gasteiger charge is 2.40. The van der Waals surface area contributed by atoms with Crippen molar-refractivity contribution in [2.45, 2.75) is 38.3 Å². The number of ether oxygens (including phenoxy) is 2. The van der Waals surface area contributed by atoms with E-state index in [4.69, 9.17) is 14.7 Å². The number of carbonyl (C=O) groups is 2. The summed E-state index contributed by atoms with van der Waals surface area (Å²) in [6, 6.07) is 0.0707. The third-order valence-corrected chi connectivity index (χ3v) is 5.45. The van der Waals surface area contributed by atoms with Crippen LogP contribution in [-0.4, -0.2) is 78.5 Å². The molecule has 0 radical (unpaired) electrons. The molecule has 24 heavy (non-hydrogen) atoms. The molecule has 0 spiro atoms. The Labute approximate surface area is 142 Å². The number of amides is 3. The Kier molecular flexibility index (Phi) is 5.57. The van der Waals surface area contributed by atoms with Gasteiger partial charge in [-0.25, -0.2) is 10.3 Å². The summed E-state index contributed by atoms with van der Waals surface area (Å²) in [7, 11) is 0. The molecule has 2 heterocycles. The summed E-state index contributed by atoms with van der Waals surface area (Å²) in [5, 5.41) is 8.83. The molecule has 2 N–H and O–H groups in total. The predicted octanol–water partition coefficient (Wildman–Crippen LogP) is 0.450. The Morgan fingerprint density at radius 1 is 1.21 bits per heavy atom. The first-order chi connectivity index (χ1) is 11.6. The van der Waals surface area contributed by atoms with E-state index in [1.165, 1.54) is 0 Å². The first-order valence-electron chi connectivity index (χ1n) is 8.79. The molecular formula is C16H27N3O5. The van der Waals surface area contributed by atoms with Gasteiger partial charge in [0.1, 0.15) is 0 Å². The van der Waals surface area contributed by atoms with Crippen molar-refractivity contribution in [3.8, 4) is 0 Å². The minimum absolute atomic E-state index is 0.0102. The molecule has 1 aliphatic carbocycles. The van der Waals surface area contributed by atoms with Gasteiger partial charge < -0.3 is 19.3 Å². The highest BCUT2D eigenvalue weighted by atomic mass is 16.5. The van der Waals surface area contributed by atoms with E-state index in [9.17, 15) is 9.59 Å². The van der Waals surface area contributed by atoms with Crippen molar-refractivity contribution >= 4 is 11.9 Å². The molecule has 0 aromatic carbocycles. The molecule has 136 valence electrons. The molecule has 2 aliphatic heterocycles. The highest BCUT2D eigenvalue weighted by molar-refractivity contribution is 5.77. The number of fused-ring (bicyclic) bond motifs is 1. The van der Waals surface area contributed by atoms with Gasteiger partial charge in [0.05, 0.1) is 32.0 Å². The third kappa shape index (κ3) is 3.65. The van der Waals surface area contributed by atoms with Crippen molar-refractivity contribution < 1.29 is 24.3 Å². The molecule has 3 aliphatic rings. The third-order valence-electron chi connectivity index (χ3n) is 5.45. The van der Waals surface area contributed by atoms with Gasteiger partial charge in [-0.3, -0.25) is 10.0 Å². The summed E-state index contributed by atoms with van der Waals surface area (Å²) in [4.78, 5) is 28.3. The van der Waals surface area contributed by atoms with Gasteiger partial charge in [0.15, 0.2) is 0 Å². The Bertz CT molecular complexity index is 469. The summed E-state index contributed by atoms with van der Waals surface area (Å²) in [6.45, 7) is 5.60. The SMILES string of the molecule is C[C@H]1COC2CC(C(=O)NO)CCC2CN1C(=O)N1CCOCC1. The molecular weight excluding hydrogens is 314 g/mol. The molecule has 3 rings (SSSR count). The Morgan fingerprint density at radius 2 is 1.96 bits per heavy atom. The monoisotopic (exact) mass is 341 g/mol. The fourth-order valence-corrected chi connectivity index (χ4v) is 3.92. The fourth-order valence-electron chi connectivity index (χ4n) is 3.92. The maximum atomic E-state index is 12.9. The van der Waals surface area contributed by atoms with E-state index in [2.05, 4.69) is 0 Å². The van der Waals surface area contributed by atoms with Crippen LogP contribution in [-0.2, 0) is 14.3 Å². The summed E-state index contributed by atoms with van der Waals surface area (Å²) in [5.74, 6) is -0.314. The number of hydrogen-bond acceptors (Lipinski definition) is 5. The topological polar surface area (TPSA) is 91.3 Å². The number of rotatable bonds is 1.